The summed E-state index contributed by atoms with van der Waals surface area (Å²) in [5.74, 6) is 0. The van der Waals surface area contributed by atoms with E-state index in [4.69, 9.17) is 0 Å². The Balaban J connectivity index is 1.15. The van der Waals surface area contributed by atoms with Gasteiger partial charge in [-0.2, -0.15) is 0 Å². The maximum atomic E-state index is 2.39. The van der Waals surface area contributed by atoms with Crippen LogP contribution in [0.1, 0.15) is 0 Å². The topological polar surface area (TPSA) is 8.17 Å². The second-order valence-electron chi connectivity index (χ2n) is 12.6. The Kier molecular flexibility index (Phi) is 6.39. The van der Waals surface area contributed by atoms with Crippen LogP contribution in [0, 0.1) is 0 Å². The standard InChI is InChI=1S/C46H30N2S/c1-2-13-34(14-3-1)48-43-19-8-6-15-39(43)42-30-37(27-28-44(42)48)47(36-26-21-31-11-4-5-12-33(31)29-36)35-24-22-32(23-25-35)38-17-10-18-41-40-16-7-9-20-45(40)49-46(38)41/h1-30H. The van der Waals surface area contributed by atoms with E-state index in [9.17, 15) is 0 Å². The van der Waals surface area contributed by atoms with Gasteiger partial charge in [-0.05, 0) is 88.6 Å². The number of para-hydroxylation sites is 2. The highest BCUT2D eigenvalue weighted by Crippen LogP contribution is 2.43. The zero-order valence-electron chi connectivity index (χ0n) is 26.6. The lowest BCUT2D eigenvalue weighted by atomic mass is 10.0. The monoisotopic (exact) mass is 642 g/mol. The number of fused-ring (bicyclic) bond motifs is 7. The molecule has 0 unspecified atom stereocenters. The molecule has 0 aliphatic carbocycles. The van der Waals surface area contributed by atoms with Crippen LogP contribution in [0.15, 0.2) is 182 Å². The minimum absolute atomic E-state index is 1.12. The first-order valence-corrected chi connectivity index (χ1v) is 17.5. The molecule has 0 amide bonds. The number of anilines is 3. The third-order valence-electron chi connectivity index (χ3n) is 9.76. The maximum absolute atomic E-state index is 2.39. The number of rotatable bonds is 5. The van der Waals surface area contributed by atoms with E-state index in [1.165, 1.54) is 63.9 Å². The van der Waals surface area contributed by atoms with Gasteiger partial charge in [0.25, 0.3) is 0 Å². The van der Waals surface area contributed by atoms with Crippen LogP contribution in [0.25, 0.3) is 69.6 Å². The fourth-order valence-corrected chi connectivity index (χ4v) is 8.72. The first-order chi connectivity index (χ1) is 24.3. The van der Waals surface area contributed by atoms with Crippen molar-refractivity contribution in [3.05, 3.63) is 182 Å². The summed E-state index contributed by atoms with van der Waals surface area (Å²) in [4.78, 5) is 2.39. The predicted octanol–water partition coefficient (Wildman–Crippen LogP) is 13.4. The highest BCUT2D eigenvalue weighted by Gasteiger charge is 2.18. The van der Waals surface area contributed by atoms with E-state index in [-0.39, 0.29) is 0 Å². The smallest absolute Gasteiger partial charge is 0.0542 e. The summed E-state index contributed by atoms with van der Waals surface area (Å²) >= 11 is 1.88. The molecule has 10 rings (SSSR count). The number of hydrogen-bond acceptors (Lipinski definition) is 2. The van der Waals surface area contributed by atoms with Gasteiger partial charge in [-0.25, -0.2) is 0 Å². The van der Waals surface area contributed by atoms with Crippen molar-refractivity contribution in [1.29, 1.82) is 0 Å². The fraction of sp³-hybridized carbons (Fsp3) is 0. The summed E-state index contributed by atoms with van der Waals surface area (Å²) < 4.78 is 5.04. The lowest BCUT2D eigenvalue weighted by Crippen LogP contribution is -2.10. The van der Waals surface area contributed by atoms with Crippen LogP contribution >= 0.6 is 11.3 Å². The van der Waals surface area contributed by atoms with Gasteiger partial charge in [0.1, 0.15) is 0 Å². The van der Waals surface area contributed by atoms with E-state index in [2.05, 4.69) is 191 Å². The third kappa shape index (κ3) is 4.55. The molecule has 0 saturated heterocycles. The lowest BCUT2D eigenvalue weighted by Gasteiger charge is -2.26. The van der Waals surface area contributed by atoms with Crippen LogP contribution in [0.5, 0.6) is 0 Å². The molecule has 0 saturated carbocycles. The van der Waals surface area contributed by atoms with E-state index in [1.807, 2.05) is 11.3 Å². The molecular formula is C46H30N2S. The van der Waals surface area contributed by atoms with E-state index in [1.54, 1.807) is 0 Å². The van der Waals surface area contributed by atoms with E-state index in [0.717, 1.165) is 22.7 Å². The lowest BCUT2D eigenvalue weighted by molar-refractivity contribution is 1.18. The first kappa shape index (κ1) is 27.9. The van der Waals surface area contributed by atoms with Crippen molar-refractivity contribution in [2.24, 2.45) is 0 Å². The molecule has 230 valence electrons. The van der Waals surface area contributed by atoms with Gasteiger partial charge in [0, 0.05) is 53.7 Å². The number of thiophene rings is 1. The molecule has 0 atom stereocenters. The second-order valence-corrected chi connectivity index (χ2v) is 13.6. The molecule has 2 heterocycles. The number of nitrogens with zero attached hydrogens (tertiary/aromatic N) is 2. The van der Waals surface area contributed by atoms with Crippen LogP contribution in [-0.2, 0) is 0 Å². The minimum atomic E-state index is 1.12. The van der Waals surface area contributed by atoms with Crippen molar-refractivity contribution in [3.63, 3.8) is 0 Å². The Bertz CT molecular complexity index is 2830. The van der Waals surface area contributed by atoms with Gasteiger partial charge in [-0.15, -0.1) is 11.3 Å². The van der Waals surface area contributed by atoms with Crippen molar-refractivity contribution < 1.29 is 0 Å². The maximum Gasteiger partial charge on any atom is 0.0542 e. The molecular weight excluding hydrogens is 613 g/mol. The van der Waals surface area contributed by atoms with Gasteiger partial charge in [-0.3, -0.25) is 0 Å². The Morgan fingerprint density at radius 2 is 1.06 bits per heavy atom. The fourth-order valence-electron chi connectivity index (χ4n) is 7.48. The van der Waals surface area contributed by atoms with E-state index >= 15 is 0 Å². The molecule has 2 aromatic heterocycles. The highest BCUT2D eigenvalue weighted by atomic mass is 32.1. The molecule has 0 radical (unpaired) electrons. The van der Waals surface area contributed by atoms with Crippen molar-refractivity contribution in [2.75, 3.05) is 4.90 Å². The van der Waals surface area contributed by atoms with E-state index in [0.29, 0.717) is 0 Å². The molecule has 0 aliphatic rings. The first-order valence-electron chi connectivity index (χ1n) is 16.7. The molecule has 0 N–H and O–H groups in total. The zero-order chi connectivity index (χ0) is 32.3. The van der Waals surface area contributed by atoms with Crippen LogP contribution in [0.2, 0.25) is 0 Å². The minimum Gasteiger partial charge on any atom is -0.310 e. The molecule has 2 nitrogen and oxygen atoms in total. The second kappa shape index (κ2) is 11.2. The van der Waals surface area contributed by atoms with Crippen molar-refractivity contribution in [1.82, 2.24) is 4.57 Å². The van der Waals surface area contributed by atoms with Crippen molar-refractivity contribution in [2.45, 2.75) is 0 Å². The summed E-state index contributed by atoms with van der Waals surface area (Å²) in [6, 6.07) is 66.2. The Labute approximate surface area is 288 Å². The number of aromatic nitrogens is 1. The SMILES string of the molecule is c1ccc(-n2c3ccccc3c3cc(N(c4ccc(-c5cccc6c5sc5ccccc56)cc4)c4ccc5ccccc5c4)ccc32)cc1. The van der Waals surface area contributed by atoms with Gasteiger partial charge in [0.05, 0.1) is 11.0 Å². The average Bonchev–Trinajstić information content (AvgIpc) is 3.71. The van der Waals surface area contributed by atoms with Gasteiger partial charge in [0.15, 0.2) is 0 Å². The summed E-state index contributed by atoms with van der Waals surface area (Å²) in [6.45, 7) is 0. The molecule has 0 spiro atoms. The quantitative estimate of drug-likeness (QED) is 0.181. The highest BCUT2D eigenvalue weighted by molar-refractivity contribution is 7.26. The molecule has 3 heteroatoms. The predicted molar refractivity (Wildman–Crippen MR) is 211 cm³/mol. The van der Waals surface area contributed by atoms with E-state index < -0.39 is 0 Å². The molecule has 8 aromatic carbocycles. The summed E-state index contributed by atoms with van der Waals surface area (Å²) in [7, 11) is 0. The van der Waals surface area contributed by atoms with Crippen LogP contribution in [0.4, 0.5) is 17.1 Å². The Hall–Kier alpha value is -6.16. The molecule has 0 bridgehead atoms. The average molecular weight is 643 g/mol. The Morgan fingerprint density at radius 1 is 0.408 bits per heavy atom. The zero-order valence-corrected chi connectivity index (χ0v) is 27.4. The summed E-state index contributed by atoms with van der Waals surface area (Å²) in [6.07, 6.45) is 0. The van der Waals surface area contributed by atoms with Gasteiger partial charge < -0.3 is 9.47 Å². The van der Waals surface area contributed by atoms with Crippen LogP contribution < -0.4 is 4.90 Å². The van der Waals surface area contributed by atoms with Crippen molar-refractivity contribution in [3.8, 4) is 16.8 Å². The number of benzene rings is 8. The normalized spacial score (nSPS) is 11.7. The summed E-state index contributed by atoms with van der Waals surface area (Å²) in [5, 5.41) is 7.58. The van der Waals surface area contributed by atoms with Gasteiger partial charge >= 0.3 is 0 Å². The molecule has 0 aliphatic heterocycles. The molecule has 49 heavy (non-hydrogen) atoms. The third-order valence-corrected chi connectivity index (χ3v) is 11.0. The molecule has 10 aromatic rings. The largest absolute Gasteiger partial charge is 0.310 e. The van der Waals surface area contributed by atoms with Gasteiger partial charge in [0.2, 0.25) is 0 Å². The summed E-state index contributed by atoms with van der Waals surface area (Å²) in [5.41, 5.74) is 9.44. The number of hydrogen-bond donors (Lipinski definition) is 0. The van der Waals surface area contributed by atoms with Crippen LogP contribution in [-0.4, -0.2) is 4.57 Å². The molecule has 0 fully saturated rings. The van der Waals surface area contributed by atoms with Crippen LogP contribution in [0.3, 0.4) is 0 Å². The van der Waals surface area contributed by atoms with Gasteiger partial charge in [-0.1, -0.05) is 115 Å². The Morgan fingerprint density at radius 3 is 1.94 bits per heavy atom. The van der Waals surface area contributed by atoms with Crippen molar-refractivity contribution >= 4 is 81.1 Å².